The van der Waals surface area contributed by atoms with Crippen molar-refractivity contribution in [3.63, 3.8) is 0 Å². The molecule has 0 aliphatic rings. The van der Waals surface area contributed by atoms with Crippen LogP contribution in [0.25, 0.3) is 11.1 Å². The van der Waals surface area contributed by atoms with Crippen molar-refractivity contribution in [3.8, 4) is 11.1 Å². The van der Waals surface area contributed by atoms with Gasteiger partial charge in [0.15, 0.2) is 0 Å². The van der Waals surface area contributed by atoms with Gasteiger partial charge in [-0.05, 0) is 16.7 Å². The van der Waals surface area contributed by atoms with Crippen molar-refractivity contribution < 1.29 is 0 Å². The maximum absolute atomic E-state index is 3.89. The SMILES string of the molecule is C=CC(C=C)(C=C)c1ccc(-c2ccccc2)cc1. The van der Waals surface area contributed by atoms with Crippen molar-refractivity contribution in [1.29, 1.82) is 0 Å². The first-order valence-electron chi connectivity index (χ1n) is 6.32. The third kappa shape index (κ3) is 2.43. The monoisotopic (exact) mass is 246 g/mol. The van der Waals surface area contributed by atoms with Crippen molar-refractivity contribution in [1.82, 2.24) is 0 Å². The fourth-order valence-corrected chi connectivity index (χ4v) is 2.19. The molecule has 0 aliphatic carbocycles. The van der Waals surface area contributed by atoms with Crippen LogP contribution < -0.4 is 0 Å². The summed E-state index contributed by atoms with van der Waals surface area (Å²) in [6, 6.07) is 18.8. The molecule has 2 aromatic carbocycles. The number of hydrogen-bond acceptors (Lipinski definition) is 0. The van der Waals surface area contributed by atoms with Crippen molar-refractivity contribution in [2.45, 2.75) is 5.41 Å². The quantitative estimate of drug-likeness (QED) is 0.640. The third-order valence-electron chi connectivity index (χ3n) is 3.51. The van der Waals surface area contributed by atoms with Crippen LogP contribution in [0.2, 0.25) is 0 Å². The summed E-state index contributed by atoms with van der Waals surface area (Å²) in [5, 5.41) is 0. The van der Waals surface area contributed by atoms with E-state index in [0.717, 1.165) is 5.56 Å². The first kappa shape index (κ1) is 13.1. The van der Waals surface area contributed by atoms with E-state index in [4.69, 9.17) is 0 Å². The predicted octanol–water partition coefficient (Wildman–Crippen LogP) is 5.15. The minimum Gasteiger partial charge on any atom is -0.102 e. The topological polar surface area (TPSA) is 0 Å². The Morgan fingerprint density at radius 1 is 0.632 bits per heavy atom. The zero-order chi connectivity index (χ0) is 13.7. The summed E-state index contributed by atoms with van der Waals surface area (Å²) in [6.07, 6.45) is 5.60. The summed E-state index contributed by atoms with van der Waals surface area (Å²) in [4.78, 5) is 0. The van der Waals surface area contributed by atoms with Gasteiger partial charge in [-0.3, -0.25) is 0 Å². The first-order chi connectivity index (χ1) is 9.25. The Morgan fingerprint density at radius 2 is 1.11 bits per heavy atom. The molecule has 0 amide bonds. The number of hydrogen-bond donors (Lipinski definition) is 0. The molecule has 0 unspecified atom stereocenters. The highest BCUT2D eigenvalue weighted by Crippen LogP contribution is 2.30. The highest BCUT2D eigenvalue weighted by molar-refractivity contribution is 5.64. The van der Waals surface area contributed by atoms with Gasteiger partial charge in [-0.1, -0.05) is 72.8 Å². The van der Waals surface area contributed by atoms with Gasteiger partial charge in [-0.15, -0.1) is 19.7 Å². The van der Waals surface area contributed by atoms with E-state index in [0.29, 0.717) is 0 Å². The molecule has 0 atom stereocenters. The summed E-state index contributed by atoms with van der Waals surface area (Å²) in [7, 11) is 0. The van der Waals surface area contributed by atoms with E-state index in [-0.39, 0.29) is 5.41 Å². The Bertz CT molecular complexity index is 551. The van der Waals surface area contributed by atoms with Crippen molar-refractivity contribution in [3.05, 3.63) is 98.1 Å². The molecule has 0 heterocycles. The average molecular weight is 246 g/mol. The summed E-state index contributed by atoms with van der Waals surface area (Å²) < 4.78 is 0. The molecule has 0 saturated carbocycles. The van der Waals surface area contributed by atoms with Gasteiger partial charge >= 0.3 is 0 Å². The van der Waals surface area contributed by atoms with Crippen LogP contribution in [0.4, 0.5) is 0 Å². The van der Waals surface area contributed by atoms with Crippen molar-refractivity contribution >= 4 is 0 Å². The smallest absolute Gasteiger partial charge is 0.0485 e. The van der Waals surface area contributed by atoms with Crippen molar-refractivity contribution in [2.24, 2.45) is 0 Å². The molecule has 0 fully saturated rings. The van der Waals surface area contributed by atoms with E-state index >= 15 is 0 Å². The minimum absolute atomic E-state index is 0.352. The number of rotatable bonds is 5. The van der Waals surface area contributed by atoms with E-state index < -0.39 is 0 Å². The molecule has 0 saturated heterocycles. The highest BCUT2D eigenvalue weighted by atomic mass is 14.2. The van der Waals surface area contributed by atoms with Gasteiger partial charge in [0.1, 0.15) is 0 Å². The molecular weight excluding hydrogens is 228 g/mol. The third-order valence-corrected chi connectivity index (χ3v) is 3.51. The molecular formula is C19H18. The van der Waals surface area contributed by atoms with E-state index in [1.165, 1.54) is 11.1 Å². The molecule has 0 aromatic heterocycles. The number of allylic oxidation sites excluding steroid dienone is 3. The molecule has 0 spiro atoms. The minimum atomic E-state index is -0.352. The van der Waals surface area contributed by atoms with E-state index in [1.54, 1.807) is 0 Å². The molecule has 0 N–H and O–H groups in total. The van der Waals surface area contributed by atoms with Crippen LogP contribution in [0.5, 0.6) is 0 Å². The van der Waals surface area contributed by atoms with Gasteiger partial charge in [-0.25, -0.2) is 0 Å². The Balaban J connectivity index is 2.41. The van der Waals surface area contributed by atoms with Crippen LogP contribution in [-0.4, -0.2) is 0 Å². The largest absolute Gasteiger partial charge is 0.102 e. The maximum atomic E-state index is 3.89. The normalized spacial score (nSPS) is 10.7. The fourth-order valence-electron chi connectivity index (χ4n) is 2.19. The van der Waals surface area contributed by atoms with E-state index in [2.05, 4.69) is 56.1 Å². The molecule has 0 bridgehead atoms. The van der Waals surface area contributed by atoms with Crippen LogP contribution in [0.1, 0.15) is 5.56 Å². The second-order valence-corrected chi connectivity index (χ2v) is 4.49. The zero-order valence-corrected chi connectivity index (χ0v) is 11.0. The number of benzene rings is 2. The second-order valence-electron chi connectivity index (χ2n) is 4.49. The molecule has 2 rings (SSSR count). The summed E-state index contributed by atoms with van der Waals surface area (Å²) in [5.74, 6) is 0. The van der Waals surface area contributed by atoms with Crippen LogP contribution in [0.15, 0.2) is 92.6 Å². The lowest BCUT2D eigenvalue weighted by Gasteiger charge is -2.23. The molecule has 0 aliphatic heterocycles. The molecule has 2 aromatic rings. The lowest BCUT2D eigenvalue weighted by molar-refractivity contribution is 0.865. The zero-order valence-electron chi connectivity index (χ0n) is 11.0. The first-order valence-corrected chi connectivity index (χ1v) is 6.32. The van der Waals surface area contributed by atoms with Crippen molar-refractivity contribution in [2.75, 3.05) is 0 Å². The molecule has 0 heteroatoms. The van der Waals surface area contributed by atoms with Gasteiger partial charge < -0.3 is 0 Å². The Morgan fingerprint density at radius 3 is 1.58 bits per heavy atom. The fraction of sp³-hybridized carbons (Fsp3) is 0.0526. The Labute approximate surface area is 115 Å². The second kappa shape index (κ2) is 5.53. The Hall–Kier alpha value is -2.34. The molecule has 94 valence electrons. The summed E-state index contributed by atoms with van der Waals surface area (Å²) >= 11 is 0. The van der Waals surface area contributed by atoms with Gasteiger partial charge in [-0.2, -0.15) is 0 Å². The van der Waals surface area contributed by atoms with Gasteiger partial charge in [0.25, 0.3) is 0 Å². The van der Waals surface area contributed by atoms with Gasteiger partial charge in [0.2, 0.25) is 0 Å². The highest BCUT2D eigenvalue weighted by Gasteiger charge is 2.20. The summed E-state index contributed by atoms with van der Waals surface area (Å²) in [6.45, 7) is 11.7. The van der Waals surface area contributed by atoms with E-state index in [1.807, 2.05) is 36.4 Å². The van der Waals surface area contributed by atoms with Crippen LogP contribution in [0.3, 0.4) is 0 Å². The van der Waals surface area contributed by atoms with Gasteiger partial charge in [0.05, 0.1) is 0 Å². The predicted molar refractivity (Wildman–Crippen MR) is 84.1 cm³/mol. The summed E-state index contributed by atoms with van der Waals surface area (Å²) in [5.41, 5.74) is 3.20. The van der Waals surface area contributed by atoms with Crippen LogP contribution in [-0.2, 0) is 5.41 Å². The lowest BCUT2D eigenvalue weighted by Crippen LogP contribution is -2.16. The molecule has 0 radical (unpaired) electrons. The maximum Gasteiger partial charge on any atom is 0.0485 e. The molecule has 19 heavy (non-hydrogen) atoms. The Kier molecular flexibility index (Phi) is 3.82. The standard InChI is InChI=1S/C19H18/c1-4-19(5-2,6-3)18-14-12-17(13-15-18)16-10-8-7-9-11-16/h4-15H,1-3H2. The lowest BCUT2D eigenvalue weighted by atomic mass is 9.80. The van der Waals surface area contributed by atoms with E-state index in [9.17, 15) is 0 Å². The average Bonchev–Trinajstić information content (AvgIpc) is 2.51. The van der Waals surface area contributed by atoms with Crippen LogP contribution in [0, 0.1) is 0 Å². The van der Waals surface area contributed by atoms with Gasteiger partial charge in [0, 0.05) is 5.41 Å². The molecule has 0 nitrogen and oxygen atoms in total. The van der Waals surface area contributed by atoms with Crippen LogP contribution >= 0.6 is 0 Å².